The van der Waals surface area contributed by atoms with Crippen molar-refractivity contribution in [2.24, 2.45) is 0 Å². The van der Waals surface area contributed by atoms with Crippen LogP contribution >= 0.6 is 0 Å². The zero-order valence-electron chi connectivity index (χ0n) is 11.8. The third kappa shape index (κ3) is 4.90. The Kier molecular flexibility index (Phi) is 6.35. The molecule has 0 aromatic rings. The predicted octanol–water partition coefficient (Wildman–Crippen LogP) is 0.926. The molecular formula is C13H22N2O4. The van der Waals surface area contributed by atoms with Gasteiger partial charge in [0.05, 0.1) is 14.2 Å². The Balaban J connectivity index is 2.41. The highest BCUT2D eigenvalue weighted by atomic mass is 16.5. The Bertz CT molecular complexity index is 355. The average Bonchev–Trinajstić information content (AvgIpc) is 2.86. The van der Waals surface area contributed by atoms with E-state index in [1.165, 1.54) is 14.2 Å². The van der Waals surface area contributed by atoms with E-state index in [9.17, 15) is 9.59 Å². The van der Waals surface area contributed by atoms with Crippen molar-refractivity contribution in [1.82, 2.24) is 10.2 Å². The first-order valence-corrected chi connectivity index (χ1v) is 6.44. The molecule has 1 amide bonds. The summed E-state index contributed by atoms with van der Waals surface area (Å²) in [6, 6.07) is 0.115. The normalized spacial score (nSPS) is 20.2. The number of carbonyl (C=O) groups excluding carboxylic acids is 2. The van der Waals surface area contributed by atoms with Crippen LogP contribution in [0.4, 0.5) is 4.79 Å². The van der Waals surface area contributed by atoms with Crippen molar-refractivity contribution in [3.63, 3.8) is 0 Å². The molecule has 1 unspecified atom stereocenters. The summed E-state index contributed by atoms with van der Waals surface area (Å²) < 4.78 is 9.27. The molecule has 1 N–H and O–H groups in total. The average molecular weight is 270 g/mol. The smallest absolute Gasteiger partial charge is 0.407 e. The second-order valence-corrected chi connectivity index (χ2v) is 4.46. The highest BCUT2D eigenvalue weighted by Crippen LogP contribution is 2.11. The predicted molar refractivity (Wildman–Crippen MR) is 70.8 cm³/mol. The van der Waals surface area contributed by atoms with E-state index in [0.717, 1.165) is 19.5 Å². The number of likely N-dealkylation sites (tertiary alicyclic amines) is 1. The summed E-state index contributed by atoms with van der Waals surface area (Å²) in [6.07, 6.45) is 3.05. The van der Waals surface area contributed by atoms with Crippen molar-refractivity contribution in [1.29, 1.82) is 0 Å². The van der Waals surface area contributed by atoms with Crippen LogP contribution in [0, 0.1) is 0 Å². The zero-order valence-corrected chi connectivity index (χ0v) is 11.8. The number of ether oxygens (including phenoxy) is 2. The number of methoxy groups -OCH3 is 2. The Morgan fingerprint density at radius 3 is 2.68 bits per heavy atom. The summed E-state index contributed by atoms with van der Waals surface area (Å²) in [5, 5.41) is 2.78. The Hall–Kier alpha value is -1.56. The quantitative estimate of drug-likeness (QED) is 0.594. The summed E-state index contributed by atoms with van der Waals surface area (Å²) in [7, 11) is 2.74. The van der Waals surface area contributed by atoms with Crippen LogP contribution in [0.15, 0.2) is 11.6 Å². The van der Waals surface area contributed by atoms with E-state index >= 15 is 0 Å². The van der Waals surface area contributed by atoms with E-state index in [1.54, 1.807) is 0 Å². The van der Waals surface area contributed by atoms with Crippen molar-refractivity contribution in [2.75, 3.05) is 33.9 Å². The fourth-order valence-corrected chi connectivity index (χ4v) is 2.08. The van der Waals surface area contributed by atoms with E-state index in [0.29, 0.717) is 18.5 Å². The van der Waals surface area contributed by atoms with Crippen LogP contribution in [0.5, 0.6) is 0 Å². The zero-order chi connectivity index (χ0) is 14.3. The molecule has 1 aliphatic heterocycles. The fourth-order valence-electron chi connectivity index (χ4n) is 2.08. The monoisotopic (exact) mass is 270 g/mol. The molecule has 0 spiro atoms. The van der Waals surface area contributed by atoms with E-state index in [1.807, 2.05) is 13.0 Å². The largest absolute Gasteiger partial charge is 0.466 e. The van der Waals surface area contributed by atoms with Gasteiger partial charge in [-0.15, -0.1) is 0 Å². The molecule has 108 valence electrons. The van der Waals surface area contributed by atoms with Crippen LogP contribution in [-0.4, -0.2) is 56.9 Å². The van der Waals surface area contributed by atoms with Gasteiger partial charge in [0, 0.05) is 31.2 Å². The van der Waals surface area contributed by atoms with Gasteiger partial charge < -0.3 is 14.8 Å². The molecule has 0 saturated carbocycles. The minimum absolute atomic E-state index is 0.115. The third-order valence-corrected chi connectivity index (χ3v) is 3.20. The van der Waals surface area contributed by atoms with Crippen LogP contribution in [0.1, 0.15) is 19.8 Å². The minimum Gasteiger partial charge on any atom is -0.466 e. The van der Waals surface area contributed by atoms with Crippen molar-refractivity contribution in [3.05, 3.63) is 11.6 Å². The Morgan fingerprint density at radius 2 is 2.11 bits per heavy atom. The number of carbonyl (C=O) groups is 2. The topological polar surface area (TPSA) is 67.9 Å². The van der Waals surface area contributed by atoms with Gasteiger partial charge in [-0.3, -0.25) is 4.90 Å². The van der Waals surface area contributed by atoms with Crippen molar-refractivity contribution >= 4 is 12.1 Å². The highest BCUT2D eigenvalue weighted by Gasteiger charge is 2.23. The van der Waals surface area contributed by atoms with Gasteiger partial charge in [-0.1, -0.05) is 13.0 Å². The maximum absolute atomic E-state index is 11.4. The van der Waals surface area contributed by atoms with Crippen molar-refractivity contribution < 1.29 is 19.1 Å². The molecule has 6 nitrogen and oxygen atoms in total. The first-order chi connectivity index (χ1) is 9.10. The van der Waals surface area contributed by atoms with E-state index in [4.69, 9.17) is 4.74 Å². The molecule has 0 aliphatic carbocycles. The number of alkyl carbamates (subject to hydrolysis) is 1. The maximum atomic E-state index is 11.4. The van der Waals surface area contributed by atoms with Gasteiger partial charge in [-0.25, -0.2) is 9.59 Å². The van der Waals surface area contributed by atoms with Gasteiger partial charge in [-0.05, 0) is 12.8 Å². The molecular weight excluding hydrogens is 248 g/mol. The molecule has 1 heterocycles. The first-order valence-electron chi connectivity index (χ1n) is 6.44. The Labute approximate surface area is 113 Å². The maximum Gasteiger partial charge on any atom is 0.407 e. The molecule has 0 aromatic heterocycles. The number of rotatable bonds is 5. The molecule has 6 heteroatoms. The summed E-state index contributed by atoms with van der Waals surface area (Å²) in [5.41, 5.74) is 0.687. The standard InChI is InChI=1S/C13H22N2O4/c1-4-10(12(16)18-2)5-7-15-8-6-11(9-15)14-13(17)19-3/h5,11H,4,6-9H2,1-3H3,(H,14,17). The highest BCUT2D eigenvalue weighted by molar-refractivity contribution is 5.88. The van der Waals surface area contributed by atoms with Crippen LogP contribution < -0.4 is 5.32 Å². The molecule has 1 fully saturated rings. The molecule has 0 radical (unpaired) electrons. The van der Waals surface area contributed by atoms with Crippen LogP contribution in [-0.2, 0) is 14.3 Å². The third-order valence-electron chi connectivity index (χ3n) is 3.20. The summed E-state index contributed by atoms with van der Waals surface area (Å²) in [4.78, 5) is 24.7. The summed E-state index contributed by atoms with van der Waals surface area (Å²) in [5.74, 6) is -0.272. The van der Waals surface area contributed by atoms with Crippen LogP contribution in [0.2, 0.25) is 0 Å². The second-order valence-electron chi connectivity index (χ2n) is 4.46. The van der Waals surface area contributed by atoms with Gasteiger partial charge in [0.1, 0.15) is 0 Å². The number of hydrogen-bond acceptors (Lipinski definition) is 5. The number of amides is 1. The van der Waals surface area contributed by atoms with Crippen molar-refractivity contribution in [3.8, 4) is 0 Å². The van der Waals surface area contributed by atoms with E-state index in [-0.39, 0.29) is 12.0 Å². The summed E-state index contributed by atoms with van der Waals surface area (Å²) in [6.45, 7) is 4.28. The number of esters is 1. The number of hydrogen-bond donors (Lipinski definition) is 1. The lowest BCUT2D eigenvalue weighted by Crippen LogP contribution is -2.37. The molecule has 1 saturated heterocycles. The first kappa shape index (κ1) is 15.5. The molecule has 1 rings (SSSR count). The lowest BCUT2D eigenvalue weighted by Gasteiger charge is -2.15. The molecule has 1 aliphatic rings. The van der Waals surface area contributed by atoms with Gasteiger partial charge in [0.25, 0.3) is 0 Å². The SMILES string of the molecule is CCC(=CCN1CCC(NC(=O)OC)C1)C(=O)OC. The fraction of sp³-hybridized carbons (Fsp3) is 0.692. The molecule has 0 bridgehead atoms. The lowest BCUT2D eigenvalue weighted by atomic mass is 10.2. The summed E-state index contributed by atoms with van der Waals surface area (Å²) >= 11 is 0. The lowest BCUT2D eigenvalue weighted by molar-refractivity contribution is -0.136. The molecule has 19 heavy (non-hydrogen) atoms. The minimum atomic E-state index is -0.397. The molecule has 0 aromatic carbocycles. The van der Waals surface area contributed by atoms with Crippen LogP contribution in [0.25, 0.3) is 0 Å². The van der Waals surface area contributed by atoms with E-state index < -0.39 is 6.09 Å². The second kappa shape index (κ2) is 7.78. The van der Waals surface area contributed by atoms with Gasteiger partial charge in [-0.2, -0.15) is 0 Å². The Morgan fingerprint density at radius 1 is 1.37 bits per heavy atom. The number of nitrogens with zero attached hydrogens (tertiary/aromatic N) is 1. The van der Waals surface area contributed by atoms with E-state index in [2.05, 4.69) is 15.0 Å². The van der Waals surface area contributed by atoms with Gasteiger partial charge in [0.2, 0.25) is 0 Å². The van der Waals surface area contributed by atoms with Gasteiger partial charge in [0.15, 0.2) is 0 Å². The van der Waals surface area contributed by atoms with Gasteiger partial charge >= 0.3 is 12.1 Å². The van der Waals surface area contributed by atoms with Crippen LogP contribution in [0.3, 0.4) is 0 Å². The van der Waals surface area contributed by atoms with Crippen molar-refractivity contribution in [2.45, 2.75) is 25.8 Å². The molecule has 1 atom stereocenters. The number of nitrogens with one attached hydrogen (secondary N) is 1.